The van der Waals surface area contributed by atoms with E-state index in [0.717, 1.165) is 20.1 Å². The van der Waals surface area contributed by atoms with E-state index < -0.39 is 52.6 Å². The van der Waals surface area contributed by atoms with E-state index in [1.807, 2.05) is 18.2 Å². The van der Waals surface area contributed by atoms with Gasteiger partial charge in [-0.3, -0.25) is 24.1 Å². The van der Waals surface area contributed by atoms with Crippen LogP contribution in [-0.2, 0) is 25.8 Å². The predicted molar refractivity (Wildman–Crippen MR) is 162 cm³/mol. The Bertz CT molecular complexity index is 1750. The Hall–Kier alpha value is -3.35. The van der Waals surface area contributed by atoms with Crippen molar-refractivity contribution in [1.82, 2.24) is 0 Å². The van der Waals surface area contributed by atoms with Crippen LogP contribution in [0.5, 0.6) is 0 Å². The second kappa shape index (κ2) is 10.1. The number of hydrogen-bond donors (Lipinski definition) is 1. The Kier molecular flexibility index (Phi) is 6.68. The number of allylic oxidation sites excluding steroid dienone is 2. The second-order valence-corrected chi connectivity index (χ2v) is 13.4. The maximum absolute atomic E-state index is 14.3. The highest BCUT2D eigenvalue weighted by atomic mass is 127. The number of carbonyl (C=O) groups excluding carboxylic acids is 4. The molecule has 220 valence electrons. The van der Waals surface area contributed by atoms with Gasteiger partial charge in [0.1, 0.15) is 23.9 Å². The lowest BCUT2D eigenvalue weighted by Gasteiger charge is -2.48. The molecule has 0 radical (unpaired) electrons. The van der Waals surface area contributed by atoms with Crippen LogP contribution in [0.1, 0.15) is 37.2 Å². The molecule has 2 saturated heterocycles. The number of anilines is 2. The van der Waals surface area contributed by atoms with Crippen LogP contribution in [0, 0.1) is 38.5 Å². The number of nitrogens with zero attached hydrogens (tertiary/aromatic N) is 2. The molecule has 1 aromatic heterocycles. The molecule has 1 N–H and O–H groups in total. The molecular formula is C32H25ClFIN2O6. The molecule has 3 aromatic rings. The molecule has 0 spiro atoms. The van der Waals surface area contributed by atoms with Gasteiger partial charge in [0.2, 0.25) is 23.6 Å². The van der Waals surface area contributed by atoms with Crippen molar-refractivity contribution in [2.45, 2.75) is 32.3 Å². The fourth-order valence-electron chi connectivity index (χ4n) is 7.67. The lowest BCUT2D eigenvalue weighted by atomic mass is 9.52. The third-order valence-corrected chi connectivity index (χ3v) is 10.7. The molecule has 4 amide bonds. The molecule has 43 heavy (non-hydrogen) atoms. The van der Waals surface area contributed by atoms with Crippen LogP contribution < -0.4 is 9.80 Å². The number of amides is 4. The van der Waals surface area contributed by atoms with E-state index in [-0.39, 0.29) is 35.6 Å². The highest BCUT2D eigenvalue weighted by molar-refractivity contribution is 14.1. The van der Waals surface area contributed by atoms with Crippen molar-refractivity contribution < 1.29 is 33.1 Å². The van der Waals surface area contributed by atoms with Crippen molar-refractivity contribution >= 4 is 69.2 Å². The lowest BCUT2D eigenvalue weighted by molar-refractivity contribution is -0.131. The standard InChI is InChI=1S/C32H25ClFIN2O6/c1-32-22(29(40)37(31(32)42)17-6-10-24(34)23(33)12-17)13-21-19(27(32)25-11-7-18(14-38)43-25)8-9-20-26(21)30(41)36(28(20)39)16-4-2-15(35)3-5-16/h2-8,10-12,20-22,26-27,38H,9,13-14H2,1H3. The second-order valence-electron chi connectivity index (χ2n) is 11.7. The molecule has 3 heterocycles. The largest absolute Gasteiger partial charge is 0.463 e. The first kappa shape index (κ1) is 28.4. The highest BCUT2D eigenvalue weighted by Gasteiger charge is 2.68. The Balaban J connectivity index is 1.35. The number of furan rings is 1. The average molecular weight is 715 g/mol. The molecule has 7 rings (SSSR count). The SMILES string of the molecule is CC12C(=O)N(c3ccc(F)c(Cl)c3)C(=O)C1CC1C(=CCC3C(=O)N(c4ccc(I)cc4)C(=O)C31)C2c1ccc(CO)o1. The number of fused-ring (bicyclic) bond motifs is 4. The highest BCUT2D eigenvalue weighted by Crippen LogP contribution is 2.63. The smallest absolute Gasteiger partial charge is 0.241 e. The van der Waals surface area contributed by atoms with Crippen molar-refractivity contribution in [1.29, 1.82) is 0 Å². The van der Waals surface area contributed by atoms with Gasteiger partial charge in [-0.25, -0.2) is 9.29 Å². The molecule has 6 unspecified atom stereocenters. The third kappa shape index (κ3) is 4.02. The summed E-state index contributed by atoms with van der Waals surface area (Å²) in [6.45, 7) is 1.36. The zero-order valence-corrected chi connectivity index (χ0v) is 25.7. The van der Waals surface area contributed by atoms with Crippen LogP contribution in [0.25, 0.3) is 0 Å². The molecule has 1 saturated carbocycles. The van der Waals surface area contributed by atoms with E-state index in [1.165, 1.54) is 17.0 Å². The van der Waals surface area contributed by atoms with Gasteiger partial charge in [-0.2, -0.15) is 0 Å². The quantitative estimate of drug-likeness (QED) is 0.214. The molecule has 3 fully saturated rings. The van der Waals surface area contributed by atoms with Gasteiger partial charge in [-0.15, -0.1) is 0 Å². The summed E-state index contributed by atoms with van der Waals surface area (Å²) >= 11 is 8.19. The molecule has 6 atom stereocenters. The molecule has 2 aliphatic heterocycles. The van der Waals surface area contributed by atoms with Crippen LogP contribution in [0.15, 0.2) is 70.7 Å². The number of benzene rings is 2. The maximum atomic E-state index is 14.3. The summed E-state index contributed by atoms with van der Waals surface area (Å²) in [5, 5.41) is 9.52. The number of imide groups is 2. The fourth-order valence-corrected chi connectivity index (χ4v) is 8.20. The number of carbonyl (C=O) groups is 4. The Morgan fingerprint density at radius 1 is 0.977 bits per heavy atom. The summed E-state index contributed by atoms with van der Waals surface area (Å²) < 4.78 is 21.0. The first-order valence-electron chi connectivity index (χ1n) is 13.9. The van der Waals surface area contributed by atoms with E-state index >= 15 is 0 Å². The zero-order valence-electron chi connectivity index (χ0n) is 22.8. The number of aliphatic hydroxyl groups is 1. The molecule has 4 aliphatic rings. The summed E-state index contributed by atoms with van der Waals surface area (Å²) in [5.41, 5.74) is 0.0930. The lowest BCUT2D eigenvalue weighted by Crippen LogP contribution is -2.48. The van der Waals surface area contributed by atoms with Crippen LogP contribution in [0.3, 0.4) is 0 Å². The molecule has 0 bridgehead atoms. The van der Waals surface area contributed by atoms with Crippen molar-refractivity contribution in [3.8, 4) is 0 Å². The molecule has 2 aromatic carbocycles. The maximum Gasteiger partial charge on any atom is 0.241 e. The Labute approximate surface area is 264 Å². The summed E-state index contributed by atoms with van der Waals surface area (Å²) in [5.74, 6) is -5.03. The molecule has 11 heteroatoms. The van der Waals surface area contributed by atoms with Crippen molar-refractivity contribution in [2.75, 3.05) is 9.80 Å². The fraction of sp³-hybridized carbons (Fsp3) is 0.312. The van der Waals surface area contributed by atoms with Gasteiger partial charge in [0.15, 0.2) is 0 Å². The first-order chi connectivity index (χ1) is 20.6. The minimum atomic E-state index is -1.32. The van der Waals surface area contributed by atoms with Gasteiger partial charge in [0.05, 0.1) is 45.5 Å². The average Bonchev–Trinajstić information content (AvgIpc) is 3.62. The van der Waals surface area contributed by atoms with Gasteiger partial charge in [-0.1, -0.05) is 23.3 Å². The molecule has 8 nitrogen and oxygen atoms in total. The van der Waals surface area contributed by atoms with E-state index in [4.69, 9.17) is 16.0 Å². The van der Waals surface area contributed by atoms with Crippen molar-refractivity contribution in [2.24, 2.45) is 29.1 Å². The van der Waals surface area contributed by atoms with E-state index in [1.54, 1.807) is 31.2 Å². The summed E-state index contributed by atoms with van der Waals surface area (Å²) in [4.78, 5) is 58.5. The Morgan fingerprint density at radius 2 is 1.70 bits per heavy atom. The summed E-state index contributed by atoms with van der Waals surface area (Å²) in [7, 11) is 0. The minimum absolute atomic E-state index is 0.151. The Morgan fingerprint density at radius 3 is 2.37 bits per heavy atom. The van der Waals surface area contributed by atoms with Crippen molar-refractivity contribution in [3.05, 3.63) is 92.2 Å². The topological polar surface area (TPSA) is 108 Å². The van der Waals surface area contributed by atoms with Crippen LogP contribution in [0.4, 0.5) is 15.8 Å². The van der Waals surface area contributed by atoms with Crippen LogP contribution >= 0.6 is 34.2 Å². The first-order valence-corrected chi connectivity index (χ1v) is 15.4. The number of halogens is 3. The summed E-state index contributed by atoms with van der Waals surface area (Å²) in [6, 6.07) is 14.1. The zero-order chi connectivity index (χ0) is 30.4. The predicted octanol–water partition coefficient (Wildman–Crippen LogP) is 5.60. The normalized spacial score (nSPS) is 30.0. The van der Waals surface area contributed by atoms with E-state index in [0.29, 0.717) is 23.6 Å². The van der Waals surface area contributed by atoms with Gasteiger partial charge >= 0.3 is 0 Å². The number of rotatable bonds is 4. The number of hydrogen-bond acceptors (Lipinski definition) is 6. The van der Waals surface area contributed by atoms with Gasteiger partial charge < -0.3 is 9.52 Å². The molecule has 2 aliphatic carbocycles. The van der Waals surface area contributed by atoms with Gasteiger partial charge in [0, 0.05) is 3.57 Å². The van der Waals surface area contributed by atoms with E-state index in [2.05, 4.69) is 22.6 Å². The number of aliphatic hydroxyl groups excluding tert-OH is 1. The minimum Gasteiger partial charge on any atom is -0.463 e. The third-order valence-electron chi connectivity index (χ3n) is 9.64. The van der Waals surface area contributed by atoms with Gasteiger partial charge in [-0.05, 0) is 103 Å². The van der Waals surface area contributed by atoms with Gasteiger partial charge in [0.25, 0.3) is 0 Å². The van der Waals surface area contributed by atoms with Crippen LogP contribution in [-0.4, -0.2) is 28.7 Å². The van der Waals surface area contributed by atoms with Crippen molar-refractivity contribution in [3.63, 3.8) is 0 Å². The van der Waals surface area contributed by atoms with Crippen LogP contribution in [0.2, 0.25) is 5.02 Å². The summed E-state index contributed by atoms with van der Waals surface area (Å²) in [6.07, 6.45) is 2.40. The van der Waals surface area contributed by atoms with E-state index in [9.17, 15) is 28.7 Å². The monoisotopic (exact) mass is 714 g/mol. The molecular weight excluding hydrogens is 690 g/mol.